The third-order valence-electron chi connectivity index (χ3n) is 7.24. The molecule has 0 aromatic heterocycles. The Morgan fingerprint density at radius 2 is 1.29 bits per heavy atom. The molecule has 180 valence electrons. The Labute approximate surface area is 196 Å². The fraction of sp³-hybridized carbons (Fsp3) is 0.793. The minimum atomic E-state index is -1.37. The molecule has 3 unspecified atom stereocenters. The number of hydrogen-bond donors (Lipinski definition) is 0. The third kappa shape index (κ3) is 10.6. The summed E-state index contributed by atoms with van der Waals surface area (Å²) in [4.78, 5) is 0. The molecule has 1 nitrogen and oxygen atoms in total. The lowest BCUT2D eigenvalue weighted by Crippen LogP contribution is -2.43. The van der Waals surface area contributed by atoms with Crippen LogP contribution in [0.3, 0.4) is 0 Å². The zero-order valence-corrected chi connectivity index (χ0v) is 24.1. The van der Waals surface area contributed by atoms with Crippen LogP contribution >= 0.6 is 0 Å². The topological polar surface area (TPSA) is 9.23 Å². The molecule has 0 saturated heterocycles. The van der Waals surface area contributed by atoms with Crippen LogP contribution in [0.2, 0.25) is 18.6 Å². The van der Waals surface area contributed by atoms with E-state index in [2.05, 4.69) is 107 Å². The van der Waals surface area contributed by atoms with Crippen molar-refractivity contribution in [2.75, 3.05) is 6.61 Å². The molecule has 31 heavy (non-hydrogen) atoms. The van der Waals surface area contributed by atoms with Gasteiger partial charge in [0.25, 0.3) is 0 Å². The normalized spacial score (nSPS) is 16.3. The maximum absolute atomic E-state index is 6.38. The van der Waals surface area contributed by atoms with E-state index in [0.29, 0.717) is 22.7 Å². The first-order valence-corrected chi connectivity index (χ1v) is 15.8. The van der Waals surface area contributed by atoms with Gasteiger partial charge in [0.15, 0.2) is 0 Å². The predicted octanol–water partition coefficient (Wildman–Crippen LogP) is 8.93. The van der Waals surface area contributed by atoms with Crippen molar-refractivity contribution in [2.45, 2.75) is 114 Å². The summed E-state index contributed by atoms with van der Waals surface area (Å²) in [5, 5.41) is 1.53. The molecule has 2 heteroatoms. The maximum atomic E-state index is 6.38. The summed E-state index contributed by atoms with van der Waals surface area (Å²) in [5.41, 5.74) is 1.53. The van der Waals surface area contributed by atoms with Crippen LogP contribution in [-0.2, 0) is 0 Å². The second-order valence-corrected chi connectivity index (χ2v) is 18.8. The minimum Gasteiger partial charge on any atom is -0.493 e. The average molecular weight is 447 g/mol. The predicted molar refractivity (Wildman–Crippen MR) is 143 cm³/mol. The van der Waals surface area contributed by atoms with Crippen LogP contribution in [0.1, 0.15) is 94.9 Å². The average Bonchev–Trinajstić information content (AvgIpc) is 2.58. The van der Waals surface area contributed by atoms with Gasteiger partial charge >= 0.3 is 0 Å². The Bertz CT molecular complexity index is 630. The Kier molecular flexibility index (Phi) is 10.4. The summed E-state index contributed by atoms with van der Waals surface area (Å²) < 4.78 is 6.38. The van der Waals surface area contributed by atoms with Gasteiger partial charge in [0.2, 0.25) is 0 Å². The van der Waals surface area contributed by atoms with E-state index in [-0.39, 0.29) is 0 Å². The molecular formula is C29H54OSi. The van der Waals surface area contributed by atoms with Gasteiger partial charge in [-0.1, -0.05) is 106 Å². The second kappa shape index (κ2) is 11.4. The number of hydrogen-bond acceptors (Lipinski definition) is 1. The summed E-state index contributed by atoms with van der Waals surface area (Å²) >= 11 is 0. The lowest BCUT2D eigenvalue weighted by atomic mass is 9.76. The van der Waals surface area contributed by atoms with Gasteiger partial charge in [-0.25, -0.2) is 0 Å². The van der Waals surface area contributed by atoms with Crippen LogP contribution < -0.4 is 9.92 Å². The van der Waals surface area contributed by atoms with Gasteiger partial charge in [-0.2, -0.15) is 0 Å². The molecule has 1 aromatic rings. The molecule has 0 saturated carbocycles. The highest BCUT2D eigenvalue weighted by Crippen LogP contribution is 2.34. The molecule has 3 atom stereocenters. The fourth-order valence-corrected chi connectivity index (χ4v) is 6.52. The van der Waals surface area contributed by atoms with Gasteiger partial charge in [0.1, 0.15) is 5.75 Å². The Morgan fingerprint density at radius 3 is 1.74 bits per heavy atom. The summed E-state index contributed by atoms with van der Waals surface area (Å²) in [5.74, 6) is 3.09. The molecule has 0 radical (unpaired) electrons. The molecule has 0 spiro atoms. The standard InChI is InChI=1S/C29H54OSi/c1-22(2)31(11,12)27-17-15-26(16-18-27)30-21-25(24(4)20-29(8,9)10)14-13-23(3)19-28(5,6)7/h15-18,22-25H,13-14,19-21H2,1-12H3. The van der Waals surface area contributed by atoms with Crippen molar-refractivity contribution in [2.24, 2.45) is 28.6 Å². The summed E-state index contributed by atoms with van der Waals surface area (Å²) in [7, 11) is -1.37. The highest BCUT2D eigenvalue weighted by molar-refractivity contribution is 6.90. The molecule has 0 amide bonds. The van der Waals surface area contributed by atoms with E-state index in [1.165, 1.54) is 30.9 Å². The van der Waals surface area contributed by atoms with Gasteiger partial charge in [0.05, 0.1) is 14.7 Å². The SMILES string of the molecule is CC(CCC(COc1ccc([Si](C)(C)C(C)C)cc1)C(C)CC(C)(C)C)CC(C)(C)C. The highest BCUT2D eigenvalue weighted by atomic mass is 28.3. The van der Waals surface area contributed by atoms with Crippen molar-refractivity contribution in [1.82, 2.24) is 0 Å². The van der Waals surface area contributed by atoms with Crippen LogP contribution in [0.15, 0.2) is 24.3 Å². The van der Waals surface area contributed by atoms with E-state index < -0.39 is 8.07 Å². The monoisotopic (exact) mass is 446 g/mol. The number of ether oxygens (including phenoxy) is 1. The Hall–Kier alpha value is -0.763. The van der Waals surface area contributed by atoms with E-state index in [9.17, 15) is 0 Å². The quantitative estimate of drug-likeness (QED) is 0.308. The summed E-state index contributed by atoms with van der Waals surface area (Å²) in [6.07, 6.45) is 5.11. The molecule has 0 fully saturated rings. The van der Waals surface area contributed by atoms with Crippen molar-refractivity contribution in [1.29, 1.82) is 0 Å². The minimum absolute atomic E-state index is 0.364. The van der Waals surface area contributed by atoms with Gasteiger partial charge < -0.3 is 4.74 Å². The molecular weight excluding hydrogens is 392 g/mol. The smallest absolute Gasteiger partial charge is 0.119 e. The van der Waals surface area contributed by atoms with Crippen molar-refractivity contribution in [3.63, 3.8) is 0 Å². The van der Waals surface area contributed by atoms with Crippen molar-refractivity contribution < 1.29 is 4.74 Å². The molecule has 0 N–H and O–H groups in total. The van der Waals surface area contributed by atoms with E-state index in [1.54, 1.807) is 0 Å². The molecule has 0 aliphatic rings. The molecule has 0 aliphatic carbocycles. The van der Waals surface area contributed by atoms with Crippen LogP contribution in [0.25, 0.3) is 0 Å². The fourth-order valence-electron chi connectivity index (χ4n) is 4.83. The maximum Gasteiger partial charge on any atom is 0.119 e. The lowest BCUT2D eigenvalue weighted by molar-refractivity contribution is 0.147. The summed E-state index contributed by atoms with van der Waals surface area (Å²) in [6, 6.07) is 9.06. The van der Waals surface area contributed by atoms with Crippen molar-refractivity contribution in [3.8, 4) is 5.75 Å². The molecule has 0 bridgehead atoms. The lowest BCUT2D eigenvalue weighted by Gasteiger charge is -2.31. The van der Waals surface area contributed by atoms with E-state index in [0.717, 1.165) is 23.8 Å². The third-order valence-corrected chi connectivity index (χ3v) is 11.9. The molecule has 1 rings (SSSR count). The molecule has 1 aromatic carbocycles. The van der Waals surface area contributed by atoms with Gasteiger partial charge in [-0.05, 0) is 65.5 Å². The Morgan fingerprint density at radius 1 is 0.774 bits per heavy atom. The Balaban J connectivity index is 2.80. The van der Waals surface area contributed by atoms with Crippen LogP contribution in [0.5, 0.6) is 5.75 Å². The number of benzene rings is 1. The van der Waals surface area contributed by atoms with E-state index in [4.69, 9.17) is 4.74 Å². The van der Waals surface area contributed by atoms with Crippen LogP contribution in [0.4, 0.5) is 0 Å². The second-order valence-electron chi connectivity index (χ2n) is 13.7. The first kappa shape index (κ1) is 28.3. The first-order chi connectivity index (χ1) is 14.0. The van der Waals surface area contributed by atoms with Gasteiger partial charge in [-0.15, -0.1) is 0 Å². The van der Waals surface area contributed by atoms with Crippen LogP contribution in [0, 0.1) is 28.6 Å². The molecule has 0 heterocycles. The van der Waals surface area contributed by atoms with E-state index in [1.807, 2.05) is 0 Å². The van der Waals surface area contributed by atoms with Crippen molar-refractivity contribution in [3.05, 3.63) is 24.3 Å². The number of rotatable bonds is 11. The zero-order chi connectivity index (χ0) is 24.0. The zero-order valence-electron chi connectivity index (χ0n) is 23.1. The van der Waals surface area contributed by atoms with Gasteiger partial charge in [-0.3, -0.25) is 0 Å². The summed E-state index contributed by atoms with van der Waals surface area (Å²) in [6.45, 7) is 29.5. The van der Waals surface area contributed by atoms with E-state index >= 15 is 0 Å². The van der Waals surface area contributed by atoms with Crippen LogP contribution in [-0.4, -0.2) is 14.7 Å². The first-order valence-electron chi connectivity index (χ1n) is 12.7. The van der Waals surface area contributed by atoms with Crippen molar-refractivity contribution >= 4 is 13.3 Å². The molecule has 0 aliphatic heterocycles. The highest BCUT2D eigenvalue weighted by Gasteiger charge is 2.28. The largest absolute Gasteiger partial charge is 0.493 e. The van der Waals surface area contributed by atoms with Gasteiger partial charge in [0, 0.05) is 0 Å².